The van der Waals surface area contributed by atoms with E-state index < -0.39 is 47.8 Å². The van der Waals surface area contributed by atoms with Crippen molar-refractivity contribution < 1.29 is 57.7 Å². The van der Waals surface area contributed by atoms with Crippen molar-refractivity contribution >= 4 is 52.6 Å². The summed E-state index contributed by atoms with van der Waals surface area (Å²) in [5, 5.41) is 18.7. The summed E-state index contributed by atoms with van der Waals surface area (Å²) >= 11 is 0. The molecule has 2 aliphatic rings. The number of morpholine rings is 2. The molecule has 2 fully saturated rings. The Morgan fingerprint density at radius 3 is 1.11 bits per heavy atom. The molecular weight excluding hydrogens is 1160 g/mol. The molecule has 3 amide bonds. The average Bonchev–Trinajstić information content (AvgIpc) is 2.04. The molecule has 0 saturated carbocycles. The van der Waals surface area contributed by atoms with Crippen molar-refractivity contribution in [1.82, 2.24) is 25.8 Å². The largest absolute Gasteiger partial charge is 0.481 e. The van der Waals surface area contributed by atoms with Gasteiger partial charge < -0.3 is 30.5 Å². The van der Waals surface area contributed by atoms with E-state index in [-0.39, 0.29) is 110 Å². The van der Waals surface area contributed by atoms with Gasteiger partial charge >= 0.3 is 5.97 Å². The third-order valence-electron chi connectivity index (χ3n) is 16.8. The van der Waals surface area contributed by atoms with Crippen LogP contribution in [0.15, 0.2) is 133 Å². The van der Waals surface area contributed by atoms with Gasteiger partial charge in [-0.2, -0.15) is 0 Å². The molecule has 2 saturated heterocycles. The number of ether oxygens (including phenoxy) is 2. The van der Waals surface area contributed by atoms with Crippen LogP contribution >= 0.6 is 0 Å². The zero-order chi connectivity index (χ0) is 67.0. The van der Waals surface area contributed by atoms with E-state index >= 15 is 0 Å². The van der Waals surface area contributed by atoms with E-state index in [2.05, 4.69) is 27.4 Å². The summed E-state index contributed by atoms with van der Waals surface area (Å²) in [6.07, 6.45) is 3.82. The summed E-state index contributed by atoms with van der Waals surface area (Å²) in [6.45, 7) is 22.9. The Bertz CT molecular complexity index is 2950. The first kappa shape index (κ1) is 75.4. The fourth-order valence-electron chi connectivity index (χ4n) is 11.7. The molecule has 0 unspecified atom stereocenters. The molecule has 0 radical (unpaired) electrons. The van der Waals surface area contributed by atoms with E-state index in [4.69, 9.17) is 9.47 Å². The summed E-state index contributed by atoms with van der Waals surface area (Å²) in [4.78, 5) is 125. The first-order valence-corrected chi connectivity index (χ1v) is 33.2. The van der Waals surface area contributed by atoms with Crippen LogP contribution in [0.4, 0.5) is 0 Å². The van der Waals surface area contributed by atoms with E-state index in [1.165, 1.54) is 0 Å². The van der Waals surface area contributed by atoms with E-state index in [9.17, 15) is 48.3 Å². The highest BCUT2D eigenvalue weighted by Crippen LogP contribution is 2.24. The predicted molar refractivity (Wildman–Crippen MR) is 358 cm³/mol. The Kier molecular flexibility index (Phi) is 33.3. The summed E-state index contributed by atoms with van der Waals surface area (Å²) in [5.41, 5.74) is 4.24. The number of ketones is 5. The number of hydrogen-bond acceptors (Lipinski definition) is 13. The fraction of sp³-hybridized carbons (Fsp3) is 0.533. The number of benzene rings is 4. The number of carboxylic acid groups (broad SMARTS) is 1. The number of Topliss-reactive ketones (excluding diaryl/α,β-unsaturated/α-hetero) is 5. The van der Waals surface area contributed by atoms with Crippen molar-refractivity contribution in [2.24, 2.45) is 41.4 Å². The van der Waals surface area contributed by atoms with Gasteiger partial charge in [-0.05, 0) is 110 Å². The van der Waals surface area contributed by atoms with E-state index in [0.717, 1.165) is 22.3 Å². The fourth-order valence-corrected chi connectivity index (χ4v) is 11.7. The van der Waals surface area contributed by atoms with E-state index in [0.29, 0.717) is 110 Å². The monoisotopic (exact) mass is 1270 g/mol. The minimum Gasteiger partial charge on any atom is -0.481 e. The Labute approximate surface area is 546 Å². The topological polar surface area (TPSA) is 235 Å². The third kappa shape index (κ3) is 28.7. The second kappa shape index (κ2) is 40.6. The smallest absolute Gasteiger partial charge is 0.307 e. The van der Waals surface area contributed by atoms with Gasteiger partial charge in [-0.25, -0.2) is 0 Å². The molecule has 4 aromatic rings. The van der Waals surface area contributed by atoms with Crippen LogP contribution < -0.4 is 16.0 Å². The third-order valence-corrected chi connectivity index (χ3v) is 16.8. The van der Waals surface area contributed by atoms with Crippen molar-refractivity contribution in [3.63, 3.8) is 0 Å². The van der Waals surface area contributed by atoms with Gasteiger partial charge in [0.15, 0.2) is 17.3 Å². The molecule has 0 bridgehead atoms. The number of nitrogens with zero attached hydrogens (tertiary/aromatic N) is 2. The molecule has 17 heteroatoms. The maximum absolute atomic E-state index is 14.2. The number of nitrogens with one attached hydrogen (secondary N) is 3. The summed E-state index contributed by atoms with van der Waals surface area (Å²) in [6, 6.07) is 36.0. The second-order valence-corrected chi connectivity index (χ2v) is 26.4. The van der Waals surface area contributed by atoms with Crippen LogP contribution in [-0.2, 0) is 78.3 Å². The highest BCUT2D eigenvalue weighted by Gasteiger charge is 2.35. The molecule has 2 aliphatic heterocycles. The minimum absolute atomic E-state index is 0.0133. The van der Waals surface area contributed by atoms with Crippen LogP contribution in [0.25, 0.3) is 0 Å². The number of carbonyl (C=O) groups excluding carboxylic acids is 8. The molecule has 500 valence electrons. The molecule has 6 rings (SSSR count). The Morgan fingerprint density at radius 2 is 0.761 bits per heavy atom. The van der Waals surface area contributed by atoms with Crippen LogP contribution in [0.5, 0.6) is 0 Å². The van der Waals surface area contributed by atoms with Crippen LogP contribution in [-0.4, -0.2) is 151 Å². The van der Waals surface area contributed by atoms with E-state index in [1.807, 2.05) is 168 Å². The van der Waals surface area contributed by atoms with Crippen molar-refractivity contribution in [3.05, 3.63) is 156 Å². The molecule has 4 N–H and O–H groups in total. The number of carbonyl (C=O) groups is 9. The first-order valence-electron chi connectivity index (χ1n) is 33.2. The van der Waals surface area contributed by atoms with Gasteiger partial charge in [0, 0.05) is 69.6 Å². The van der Waals surface area contributed by atoms with Crippen LogP contribution in [0.3, 0.4) is 0 Å². The zero-order valence-corrected chi connectivity index (χ0v) is 55.6. The Morgan fingerprint density at radius 1 is 0.446 bits per heavy atom. The number of carboxylic acids is 1. The molecule has 4 aromatic carbocycles. The number of amides is 3. The number of aliphatic carboxylic acids is 1. The van der Waals surface area contributed by atoms with Gasteiger partial charge in [-0.1, -0.05) is 169 Å². The van der Waals surface area contributed by atoms with Gasteiger partial charge in [0.25, 0.3) is 0 Å². The molecule has 0 aromatic heterocycles. The van der Waals surface area contributed by atoms with E-state index in [1.54, 1.807) is 6.92 Å². The summed E-state index contributed by atoms with van der Waals surface area (Å²) in [5.74, 6) is -5.39. The highest BCUT2D eigenvalue weighted by atomic mass is 16.5. The highest BCUT2D eigenvalue weighted by molar-refractivity contribution is 6.01. The van der Waals surface area contributed by atoms with Gasteiger partial charge in [0.2, 0.25) is 17.7 Å². The lowest BCUT2D eigenvalue weighted by Crippen LogP contribution is -2.48. The van der Waals surface area contributed by atoms with Crippen molar-refractivity contribution in [1.29, 1.82) is 0 Å². The lowest BCUT2D eigenvalue weighted by Gasteiger charge is -2.27. The van der Waals surface area contributed by atoms with Crippen LogP contribution in [0.1, 0.15) is 129 Å². The second-order valence-electron chi connectivity index (χ2n) is 26.4. The Balaban J connectivity index is 0.000000342. The molecule has 7 atom stereocenters. The molecule has 17 nitrogen and oxygen atoms in total. The van der Waals surface area contributed by atoms with Gasteiger partial charge in [-0.15, -0.1) is 0 Å². The maximum Gasteiger partial charge on any atom is 0.307 e. The summed E-state index contributed by atoms with van der Waals surface area (Å²) < 4.78 is 10.8. The first-order chi connectivity index (χ1) is 44.0. The van der Waals surface area contributed by atoms with Crippen molar-refractivity contribution in [3.8, 4) is 0 Å². The van der Waals surface area contributed by atoms with Crippen molar-refractivity contribution in [2.45, 2.75) is 150 Å². The molecular formula is C75H103N5O12. The maximum atomic E-state index is 14.2. The predicted octanol–water partition coefficient (Wildman–Crippen LogP) is 9.51. The van der Waals surface area contributed by atoms with Gasteiger partial charge in [0.05, 0.1) is 63.6 Å². The van der Waals surface area contributed by atoms with Gasteiger partial charge in [0.1, 0.15) is 11.6 Å². The molecule has 0 spiro atoms. The lowest BCUT2D eigenvalue weighted by atomic mass is 9.87. The number of rotatable bonds is 39. The Hall–Kier alpha value is -7.31. The normalized spacial score (nSPS) is 15.9. The number of hydrogen-bond donors (Lipinski definition) is 4. The van der Waals surface area contributed by atoms with Crippen molar-refractivity contribution in [2.75, 3.05) is 65.7 Å². The molecule has 92 heavy (non-hydrogen) atoms. The average molecular weight is 1270 g/mol. The number of aryl methyl sites for hydroxylation is 2. The van der Waals surface area contributed by atoms with Crippen LogP contribution in [0, 0.1) is 41.4 Å². The quantitative estimate of drug-likeness (QED) is 0.0305. The van der Waals surface area contributed by atoms with Crippen LogP contribution in [0.2, 0.25) is 0 Å². The minimum atomic E-state index is -1.04. The molecule has 0 aliphatic carbocycles. The molecule has 2 heterocycles. The van der Waals surface area contributed by atoms with Gasteiger partial charge in [-0.3, -0.25) is 53.0 Å². The lowest BCUT2D eigenvalue weighted by molar-refractivity contribution is -0.144. The SMILES string of the molecule is C=C(C)C(=O)[C@H](CC(C)C)NC(=O)[C@@H](CC(=O)[C@H](CC(C)C)NC(=O)[C@H](CCc1ccccc1)CC(=O)CN1CCOCC1)Cc1ccccc1.CC(C)C[C@H](NC(=O)[C@H](CCc1ccccc1)CC(=O)CN1CCOCC1)C(=O)C[C@@H](Cc1ccccc1)C(=O)O. The summed E-state index contributed by atoms with van der Waals surface area (Å²) in [7, 11) is 0. The zero-order valence-electron chi connectivity index (χ0n) is 55.6. The standard InChI is InChI=1S/C42H59N3O6.C33H44N2O6/c1-29(2)23-37(43-41(49)34(18-17-32-13-9-7-10-14-32)26-36(46)28-45-19-21-51-22-20-45)39(47)27-35(25-33-15-11-8-12-16-33)42(50)44-38(24-30(3)4)40(48)31(5)6;1-24(2)19-30(31(37)22-28(33(39)40)20-26-11-7-4-8-12-26)34-32(38)27(14-13-25-9-5-3-6-10-25)21-29(36)23-35-15-17-41-18-16-35/h7-16,29-30,34-35,37-38H,5,17-28H2,1-4,6H3,(H,43,49)(H,44,50);3-12,24,27-28,30H,13-23H2,1-2H3,(H,34,38)(H,39,40)/t34-,35-,37+,38+;27-,28-,30+/m11/s1.